The first-order valence-electron chi connectivity index (χ1n) is 8.50. The second-order valence-electron chi connectivity index (χ2n) is 6.47. The van der Waals surface area contributed by atoms with Gasteiger partial charge in [0.1, 0.15) is 5.75 Å². The van der Waals surface area contributed by atoms with E-state index in [0.717, 1.165) is 49.4 Å². The van der Waals surface area contributed by atoms with Gasteiger partial charge >= 0.3 is 0 Å². The summed E-state index contributed by atoms with van der Waals surface area (Å²) in [6.45, 7) is 3.69. The smallest absolute Gasteiger partial charge is 0.253 e. The number of aryl methyl sites for hydroxylation is 1. The molecule has 0 spiro atoms. The second-order valence-corrected chi connectivity index (χ2v) is 6.47. The van der Waals surface area contributed by atoms with Gasteiger partial charge in [0.15, 0.2) is 0 Å². The van der Waals surface area contributed by atoms with Crippen LogP contribution >= 0.6 is 0 Å². The molecular weight excluding hydrogens is 300 g/mol. The van der Waals surface area contributed by atoms with Gasteiger partial charge in [-0.15, -0.1) is 0 Å². The minimum absolute atomic E-state index is 0.121. The zero-order valence-corrected chi connectivity index (χ0v) is 14.4. The lowest BCUT2D eigenvalue weighted by atomic mass is 9.90. The molecule has 24 heavy (non-hydrogen) atoms. The Hall–Kier alpha value is -2.36. The maximum Gasteiger partial charge on any atom is 0.253 e. The van der Waals surface area contributed by atoms with Crippen molar-refractivity contribution in [3.8, 4) is 5.75 Å². The Labute approximate surface area is 143 Å². The first-order valence-corrected chi connectivity index (χ1v) is 8.50. The molecule has 126 valence electrons. The van der Waals surface area contributed by atoms with Crippen molar-refractivity contribution in [3.63, 3.8) is 0 Å². The molecule has 2 heterocycles. The number of likely N-dealkylation sites (tertiary alicyclic amines) is 1. The van der Waals surface area contributed by atoms with Crippen LogP contribution in [0, 0.1) is 12.8 Å². The summed E-state index contributed by atoms with van der Waals surface area (Å²) in [5, 5.41) is 0. The van der Waals surface area contributed by atoms with Crippen molar-refractivity contribution in [3.05, 3.63) is 59.4 Å². The molecule has 4 nitrogen and oxygen atoms in total. The Bertz CT molecular complexity index is 689. The summed E-state index contributed by atoms with van der Waals surface area (Å²) in [6.07, 6.45) is 5.08. The maximum atomic E-state index is 12.6. The number of rotatable bonds is 4. The molecule has 0 atom stereocenters. The van der Waals surface area contributed by atoms with Crippen molar-refractivity contribution in [1.82, 2.24) is 9.88 Å². The molecule has 1 aliphatic rings. The van der Waals surface area contributed by atoms with Crippen LogP contribution in [0.4, 0.5) is 0 Å². The lowest BCUT2D eigenvalue weighted by Crippen LogP contribution is -2.38. The number of pyridine rings is 1. The predicted octanol–water partition coefficient (Wildman–Crippen LogP) is 3.49. The molecule has 0 bridgehead atoms. The van der Waals surface area contributed by atoms with Crippen LogP contribution in [0.3, 0.4) is 0 Å². The van der Waals surface area contributed by atoms with Crippen LogP contribution in [-0.4, -0.2) is 36.0 Å². The Kier molecular flexibility index (Phi) is 5.14. The molecule has 4 heteroatoms. The predicted molar refractivity (Wildman–Crippen MR) is 94.3 cm³/mol. The average Bonchev–Trinajstić information content (AvgIpc) is 2.62. The highest BCUT2D eigenvalue weighted by Gasteiger charge is 2.23. The van der Waals surface area contributed by atoms with Crippen LogP contribution in [0.1, 0.15) is 34.5 Å². The zero-order valence-electron chi connectivity index (χ0n) is 14.4. The molecule has 1 aliphatic heterocycles. The van der Waals surface area contributed by atoms with Crippen LogP contribution in [0.2, 0.25) is 0 Å². The van der Waals surface area contributed by atoms with Gasteiger partial charge in [-0.3, -0.25) is 9.78 Å². The van der Waals surface area contributed by atoms with Crippen LogP contribution in [0.25, 0.3) is 0 Å². The summed E-state index contributed by atoms with van der Waals surface area (Å²) in [7, 11) is 1.63. The third kappa shape index (κ3) is 3.94. The van der Waals surface area contributed by atoms with E-state index < -0.39 is 0 Å². The monoisotopic (exact) mass is 324 g/mol. The summed E-state index contributed by atoms with van der Waals surface area (Å²) < 4.78 is 5.14. The quantitative estimate of drug-likeness (QED) is 0.864. The SMILES string of the molecule is COc1ccc(C(=O)N2CCC(Cc3ccnc(C)c3)CC2)cc1. The number of hydrogen-bond acceptors (Lipinski definition) is 3. The molecule has 0 saturated carbocycles. The molecule has 1 amide bonds. The van der Waals surface area contributed by atoms with Crippen molar-refractivity contribution in [2.24, 2.45) is 5.92 Å². The van der Waals surface area contributed by atoms with Gasteiger partial charge in [0.2, 0.25) is 0 Å². The topological polar surface area (TPSA) is 42.4 Å². The van der Waals surface area contributed by atoms with Crippen molar-refractivity contribution in [1.29, 1.82) is 0 Å². The zero-order chi connectivity index (χ0) is 16.9. The molecule has 1 saturated heterocycles. The number of methoxy groups -OCH3 is 1. The molecule has 2 aromatic rings. The van der Waals surface area contributed by atoms with Crippen LogP contribution < -0.4 is 4.74 Å². The lowest BCUT2D eigenvalue weighted by molar-refractivity contribution is 0.0690. The number of nitrogens with zero attached hydrogens (tertiary/aromatic N) is 2. The number of carbonyl (C=O) groups excluding carboxylic acids is 1. The fourth-order valence-electron chi connectivity index (χ4n) is 3.32. The lowest BCUT2D eigenvalue weighted by Gasteiger charge is -2.32. The van der Waals surface area contributed by atoms with Gasteiger partial charge in [-0.1, -0.05) is 0 Å². The van der Waals surface area contributed by atoms with Gasteiger partial charge < -0.3 is 9.64 Å². The second kappa shape index (κ2) is 7.47. The summed E-state index contributed by atoms with van der Waals surface area (Å²) in [5.41, 5.74) is 3.15. The van der Waals surface area contributed by atoms with E-state index in [9.17, 15) is 4.79 Å². The molecule has 0 unspecified atom stereocenters. The van der Waals surface area contributed by atoms with Crippen LogP contribution in [0.5, 0.6) is 5.75 Å². The Balaban J connectivity index is 1.55. The summed E-state index contributed by atoms with van der Waals surface area (Å²) >= 11 is 0. The van der Waals surface area contributed by atoms with E-state index in [2.05, 4.69) is 17.1 Å². The standard InChI is InChI=1S/C20H24N2O2/c1-15-13-17(7-10-21-15)14-16-8-11-22(12-9-16)20(23)18-3-5-19(24-2)6-4-18/h3-7,10,13,16H,8-9,11-12,14H2,1-2H3. The minimum atomic E-state index is 0.121. The molecule has 1 aromatic carbocycles. The normalized spacial score (nSPS) is 15.3. The number of amides is 1. The van der Waals surface area contributed by atoms with Crippen molar-refractivity contribution in [2.45, 2.75) is 26.2 Å². The molecular formula is C20H24N2O2. The van der Waals surface area contributed by atoms with Crippen molar-refractivity contribution < 1.29 is 9.53 Å². The van der Waals surface area contributed by atoms with Gasteiger partial charge in [-0.25, -0.2) is 0 Å². The number of carbonyl (C=O) groups is 1. The summed E-state index contributed by atoms with van der Waals surface area (Å²) in [4.78, 5) is 18.8. The van der Waals surface area contributed by atoms with E-state index in [0.29, 0.717) is 5.92 Å². The molecule has 0 aliphatic carbocycles. The number of ether oxygens (including phenoxy) is 1. The average molecular weight is 324 g/mol. The summed E-state index contributed by atoms with van der Waals surface area (Å²) in [5.74, 6) is 1.54. The third-order valence-corrected chi connectivity index (χ3v) is 4.72. The van der Waals surface area contributed by atoms with Gasteiger partial charge in [-0.2, -0.15) is 0 Å². The Morgan fingerprint density at radius 3 is 2.54 bits per heavy atom. The Morgan fingerprint density at radius 2 is 1.92 bits per heavy atom. The molecule has 0 radical (unpaired) electrons. The third-order valence-electron chi connectivity index (χ3n) is 4.72. The van der Waals surface area contributed by atoms with E-state index in [1.165, 1.54) is 5.56 Å². The van der Waals surface area contributed by atoms with E-state index in [1.807, 2.05) is 42.3 Å². The number of piperidine rings is 1. The van der Waals surface area contributed by atoms with Gasteiger partial charge in [-0.05, 0) is 74.1 Å². The molecule has 1 aromatic heterocycles. The van der Waals surface area contributed by atoms with Crippen LogP contribution in [-0.2, 0) is 6.42 Å². The maximum absolute atomic E-state index is 12.6. The molecule has 0 N–H and O–H groups in total. The van der Waals surface area contributed by atoms with E-state index in [1.54, 1.807) is 7.11 Å². The largest absolute Gasteiger partial charge is 0.497 e. The fourth-order valence-corrected chi connectivity index (χ4v) is 3.32. The van der Waals surface area contributed by atoms with E-state index in [-0.39, 0.29) is 5.91 Å². The Morgan fingerprint density at radius 1 is 1.21 bits per heavy atom. The summed E-state index contributed by atoms with van der Waals surface area (Å²) in [6, 6.07) is 11.6. The van der Waals surface area contributed by atoms with Crippen molar-refractivity contribution in [2.75, 3.05) is 20.2 Å². The number of aromatic nitrogens is 1. The number of hydrogen-bond donors (Lipinski definition) is 0. The highest BCUT2D eigenvalue weighted by Crippen LogP contribution is 2.23. The highest BCUT2D eigenvalue weighted by molar-refractivity contribution is 5.94. The van der Waals surface area contributed by atoms with E-state index in [4.69, 9.17) is 4.74 Å². The van der Waals surface area contributed by atoms with Gasteiger partial charge in [0, 0.05) is 30.5 Å². The van der Waals surface area contributed by atoms with Gasteiger partial charge in [0.25, 0.3) is 5.91 Å². The number of benzene rings is 1. The highest BCUT2D eigenvalue weighted by atomic mass is 16.5. The molecule has 1 fully saturated rings. The first kappa shape index (κ1) is 16.5. The van der Waals surface area contributed by atoms with E-state index >= 15 is 0 Å². The molecule has 3 rings (SSSR count). The van der Waals surface area contributed by atoms with Crippen LogP contribution in [0.15, 0.2) is 42.6 Å². The van der Waals surface area contributed by atoms with Crippen molar-refractivity contribution >= 4 is 5.91 Å². The fraction of sp³-hybridized carbons (Fsp3) is 0.400. The first-order chi connectivity index (χ1) is 11.7. The van der Waals surface area contributed by atoms with Gasteiger partial charge in [0.05, 0.1) is 7.11 Å². The minimum Gasteiger partial charge on any atom is -0.497 e.